The fraction of sp³-hybridized carbons (Fsp3) is 0.290. The summed E-state index contributed by atoms with van der Waals surface area (Å²) in [5.41, 5.74) is 3.07. The Bertz CT molecular complexity index is 1510. The molecule has 43 heavy (non-hydrogen) atoms. The Morgan fingerprint density at radius 3 is 2.65 bits per heavy atom. The summed E-state index contributed by atoms with van der Waals surface area (Å²) < 4.78 is 5.76. The normalized spacial score (nSPS) is 16.9. The number of benzene rings is 2. The maximum absolute atomic E-state index is 12.4. The fourth-order valence-electron chi connectivity index (χ4n) is 5.29. The number of carboxylic acid groups (broad SMARTS) is 1. The van der Waals surface area contributed by atoms with E-state index in [0.717, 1.165) is 44.0 Å². The first kappa shape index (κ1) is 29.5. The molecule has 12 nitrogen and oxygen atoms in total. The number of hydrogen-bond acceptors (Lipinski definition) is 10. The van der Waals surface area contributed by atoms with Gasteiger partial charge >= 0.3 is 5.97 Å². The second-order valence-electron chi connectivity index (χ2n) is 10.1. The number of aromatic nitrogens is 2. The Morgan fingerprint density at radius 2 is 1.93 bits per heavy atom. The van der Waals surface area contributed by atoms with Crippen molar-refractivity contribution in [2.45, 2.75) is 12.5 Å². The van der Waals surface area contributed by atoms with Gasteiger partial charge in [-0.05, 0) is 29.8 Å². The minimum atomic E-state index is -0.987. The second kappa shape index (κ2) is 13.4. The van der Waals surface area contributed by atoms with Gasteiger partial charge in [-0.25, -0.2) is 19.8 Å². The number of amides is 1. The van der Waals surface area contributed by atoms with Crippen molar-refractivity contribution in [3.63, 3.8) is 0 Å². The fourth-order valence-corrected chi connectivity index (χ4v) is 5.29. The summed E-state index contributed by atoms with van der Waals surface area (Å²) in [6.07, 6.45) is 5.23. The van der Waals surface area contributed by atoms with Gasteiger partial charge in [0.15, 0.2) is 5.82 Å². The molecule has 0 bridgehead atoms. The van der Waals surface area contributed by atoms with E-state index in [-0.39, 0.29) is 17.5 Å². The van der Waals surface area contributed by atoms with E-state index in [0.29, 0.717) is 41.8 Å². The topological polar surface area (TPSA) is 132 Å². The predicted molar refractivity (Wildman–Crippen MR) is 165 cm³/mol. The molecule has 2 fully saturated rings. The molecule has 2 aromatic carbocycles. The van der Waals surface area contributed by atoms with Crippen LogP contribution in [0.2, 0.25) is 0 Å². The minimum Gasteiger partial charge on any atom is -0.494 e. The Kier molecular flexibility index (Phi) is 9.18. The Balaban J connectivity index is 1.42. The molecule has 1 unspecified atom stereocenters. The van der Waals surface area contributed by atoms with Crippen molar-refractivity contribution in [1.29, 1.82) is 0 Å². The maximum Gasteiger partial charge on any atom is 0.335 e. The lowest BCUT2D eigenvalue weighted by Crippen LogP contribution is -2.46. The third-order valence-electron chi connectivity index (χ3n) is 7.43. The van der Waals surface area contributed by atoms with E-state index < -0.39 is 5.97 Å². The van der Waals surface area contributed by atoms with Gasteiger partial charge in [0.05, 0.1) is 42.4 Å². The van der Waals surface area contributed by atoms with Crippen molar-refractivity contribution in [2.24, 2.45) is 0 Å². The van der Waals surface area contributed by atoms with Gasteiger partial charge < -0.3 is 25.4 Å². The molecule has 224 valence electrons. The highest BCUT2D eigenvalue weighted by Crippen LogP contribution is 2.40. The van der Waals surface area contributed by atoms with E-state index in [9.17, 15) is 14.7 Å². The van der Waals surface area contributed by atoms with Crippen molar-refractivity contribution >= 4 is 40.6 Å². The molecule has 2 saturated heterocycles. The molecule has 1 amide bonds. The first-order valence-electron chi connectivity index (χ1n) is 14.0. The van der Waals surface area contributed by atoms with Crippen LogP contribution in [0.25, 0.3) is 0 Å². The van der Waals surface area contributed by atoms with Crippen LogP contribution in [0.5, 0.6) is 5.75 Å². The summed E-state index contributed by atoms with van der Waals surface area (Å²) in [7, 11) is 1.59. The maximum atomic E-state index is 12.4. The van der Waals surface area contributed by atoms with Gasteiger partial charge in [0.2, 0.25) is 5.91 Å². The number of aromatic carboxylic acids is 1. The van der Waals surface area contributed by atoms with Gasteiger partial charge in [-0.1, -0.05) is 24.8 Å². The van der Waals surface area contributed by atoms with Crippen molar-refractivity contribution in [3.05, 3.63) is 85.2 Å². The number of methoxy groups -OCH3 is 1. The highest BCUT2D eigenvalue weighted by Gasteiger charge is 2.30. The van der Waals surface area contributed by atoms with Crippen molar-refractivity contribution in [2.75, 3.05) is 67.0 Å². The number of hydrogen-bond donors (Lipinski definition) is 3. The molecule has 3 N–H and O–H groups in total. The van der Waals surface area contributed by atoms with Gasteiger partial charge in [-0.2, -0.15) is 0 Å². The van der Waals surface area contributed by atoms with Crippen molar-refractivity contribution in [1.82, 2.24) is 14.9 Å². The zero-order chi connectivity index (χ0) is 30.3. The van der Waals surface area contributed by atoms with Crippen LogP contribution in [0.15, 0.2) is 74.1 Å². The Morgan fingerprint density at radius 1 is 1.12 bits per heavy atom. The summed E-state index contributed by atoms with van der Waals surface area (Å²) in [6, 6.07) is 12.1. The Labute approximate surface area is 250 Å². The molecule has 2 aliphatic heterocycles. The molecule has 12 heteroatoms. The number of carboxylic acids is 1. The monoisotopic (exact) mass is 585 g/mol. The van der Waals surface area contributed by atoms with Crippen LogP contribution in [0.1, 0.15) is 28.4 Å². The SMILES string of the molecule is C=CCN1CCN(c2cc(OC)c(Nc3cc(N4OCCC4c4cccc(C(=O)O)c4)ncn3)cc2NC(=O)C=C)CC1. The molecular formula is C31H35N7O5. The largest absolute Gasteiger partial charge is 0.494 e. The van der Waals surface area contributed by atoms with E-state index in [1.165, 1.54) is 12.4 Å². The molecule has 0 radical (unpaired) electrons. The second-order valence-corrected chi connectivity index (χ2v) is 10.1. The van der Waals surface area contributed by atoms with Crippen LogP contribution in [-0.4, -0.2) is 78.3 Å². The first-order valence-corrected chi connectivity index (χ1v) is 14.0. The average molecular weight is 586 g/mol. The first-order chi connectivity index (χ1) is 20.9. The van der Waals surface area contributed by atoms with Crippen molar-refractivity contribution < 1.29 is 24.3 Å². The summed E-state index contributed by atoms with van der Waals surface area (Å²) >= 11 is 0. The molecule has 3 heterocycles. The molecular weight excluding hydrogens is 550 g/mol. The third kappa shape index (κ3) is 6.76. The molecule has 3 aromatic rings. The highest BCUT2D eigenvalue weighted by molar-refractivity contribution is 6.02. The smallest absolute Gasteiger partial charge is 0.335 e. The van der Waals surface area contributed by atoms with Gasteiger partial charge in [0, 0.05) is 51.3 Å². The van der Waals surface area contributed by atoms with E-state index in [1.54, 1.807) is 36.4 Å². The van der Waals surface area contributed by atoms with Gasteiger partial charge in [-0.15, -0.1) is 6.58 Å². The minimum absolute atomic E-state index is 0.211. The molecule has 0 aliphatic carbocycles. The number of nitrogens with one attached hydrogen (secondary N) is 2. The highest BCUT2D eigenvalue weighted by atomic mass is 16.7. The lowest BCUT2D eigenvalue weighted by atomic mass is 10.0. The van der Waals surface area contributed by atoms with E-state index >= 15 is 0 Å². The van der Waals surface area contributed by atoms with Crippen LogP contribution >= 0.6 is 0 Å². The zero-order valence-electron chi connectivity index (χ0n) is 24.0. The van der Waals surface area contributed by atoms with Crippen LogP contribution in [0.4, 0.5) is 28.7 Å². The molecule has 0 saturated carbocycles. The number of carbonyl (C=O) groups is 2. The predicted octanol–water partition coefficient (Wildman–Crippen LogP) is 4.24. The van der Waals surface area contributed by atoms with Gasteiger partial charge in [-0.3, -0.25) is 14.5 Å². The summed E-state index contributed by atoms with van der Waals surface area (Å²) in [5.74, 6) is 0.245. The van der Waals surface area contributed by atoms with E-state index in [4.69, 9.17) is 9.57 Å². The average Bonchev–Trinajstić information content (AvgIpc) is 3.52. The summed E-state index contributed by atoms with van der Waals surface area (Å²) in [5, 5.41) is 17.4. The van der Waals surface area contributed by atoms with E-state index in [2.05, 4.69) is 43.6 Å². The lowest BCUT2D eigenvalue weighted by molar-refractivity contribution is -0.111. The van der Waals surface area contributed by atoms with Crippen LogP contribution < -0.4 is 25.3 Å². The number of rotatable bonds is 11. The number of hydroxylamine groups is 1. The molecule has 0 spiro atoms. The summed E-state index contributed by atoms with van der Waals surface area (Å²) in [4.78, 5) is 43.2. The zero-order valence-corrected chi connectivity index (χ0v) is 24.0. The van der Waals surface area contributed by atoms with Crippen LogP contribution in [-0.2, 0) is 9.63 Å². The lowest BCUT2D eigenvalue weighted by Gasteiger charge is -2.36. The number of ether oxygens (including phenoxy) is 1. The summed E-state index contributed by atoms with van der Waals surface area (Å²) in [6.45, 7) is 12.0. The van der Waals surface area contributed by atoms with E-state index in [1.807, 2.05) is 24.3 Å². The number of anilines is 5. The van der Waals surface area contributed by atoms with Gasteiger partial charge in [0.25, 0.3) is 0 Å². The number of carbonyl (C=O) groups excluding carboxylic acids is 1. The Hall–Kier alpha value is -4.94. The third-order valence-corrected chi connectivity index (χ3v) is 7.43. The molecule has 1 atom stereocenters. The van der Waals surface area contributed by atoms with Crippen molar-refractivity contribution in [3.8, 4) is 5.75 Å². The standard InChI is InChI=1S/C31H35N7O5/c1-4-10-36-11-13-37(14-12-36)26-18-27(42-3)24(17-23(26)35-30(39)5-2)34-28-19-29(33-20-32-28)38-25(9-15-43-38)21-7-6-8-22(16-21)31(40)41/h4-8,16-20,25H,1-2,9-15H2,3H3,(H,35,39)(H,40,41)(H,32,33,34). The molecule has 5 rings (SSSR count). The number of nitrogens with zero attached hydrogens (tertiary/aromatic N) is 5. The van der Waals surface area contributed by atoms with Gasteiger partial charge in [0.1, 0.15) is 17.9 Å². The van der Waals surface area contributed by atoms with Crippen LogP contribution in [0, 0.1) is 0 Å². The quantitative estimate of drug-likeness (QED) is 0.220. The molecule has 1 aromatic heterocycles. The molecule has 2 aliphatic rings. The van der Waals surface area contributed by atoms with Crippen LogP contribution in [0.3, 0.4) is 0 Å². The number of piperazine rings is 1.